The number of nitriles is 2. The van der Waals surface area contributed by atoms with E-state index in [-0.39, 0.29) is 13.4 Å². The molecule has 0 aliphatic carbocycles. The van der Waals surface area contributed by atoms with E-state index in [1.54, 1.807) is 66.2 Å². The summed E-state index contributed by atoms with van der Waals surface area (Å²) in [5, 5.41) is 18.6. The molecule has 35 heavy (non-hydrogen) atoms. The average molecular weight is 466 g/mol. The number of alkyl halides is 1. The first-order valence-corrected chi connectivity index (χ1v) is 10.7. The molecule has 2 heterocycles. The van der Waals surface area contributed by atoms with Crippen LogP contribution in [0, 0.1) is 22.7 Å². The summed E-state index contributed by atoms with van der Waals surface area (Å²) in [4.78, 5) is 4.08. The zero-order chi connectivity index (χ0) is 24.4. The summed E-state index contributed by atoms with van der Waals surface area (Å²) >= 11 is 0. The fourth-order valence-electron chi connectivity index (χ4n) is 4.05. The van der Waals surface area contributed by atoms with Gasteiger partial charge in [0.1, 0.15) is 12.4 Å². The van der Waals surface area contributed by atoms with E-state index in [4.69, 9.17) is 19.5 Å². The van der Waals surface area contributed by atoms with Gasteiger partial charge in [-0.25, -0.2) is 9.37 Å². The SMILES string of the molecule is Cn1cncc1C(F)(COc1ccc(C#N)cc1-c1ccc2c(c1)OCO2)c1ccc(C#N)cc1. The zero-order valence-electron chi connectivity index (χ0n) is 18.7. The summed E-state index contributed by atoms with van der Waals surface area (Å²) in [6.45, 7) is -0.220. The van der Waals surface area contributed by atoms with Crippen molar-refractivity contribution < 1.29 is 18.6 Å². The van der Waals surface area contributed by atoms with Crippen LogP contribution in [0.25, 0.3) is 11.1 Å². The molecule has 0 fully saturated rings. The van der Waals surface area contributed by atoms with Crippen LogP contribution in [0.15, 0.2) is 73.2 Å². The molecular formula is C27H19FN4O3. The third-order valence-corrected chi connectivity index (χ3v) is 5.91. The minimum Gasteiger partial charge on any atom is -0.489 e. The van der Waals surface area contributed by atoms with Crippen molar-refractivity contribution in [2.75, 3.05) is 13.4 Å². The van der Waals surface area contributed by atoms with Gasteiger partial charge in [-0.3, -0.25) is 0 Å². The Balaban J connectivity index is 1.54. The number of aromatic nitrogens is 2. The molecule has 0 spiro atoms. The highest BCUT2D eigenvalue weighted by molar-refractivity contribution is 5.74. The van der Waals surface area contributed by atoms with Crippen LogP contribution < -0.4 is 14.2 Å². The Morgan fingerprint density at radius 2 is 1.74 bits per heavy atom. The van der Waals surface area contributed by atoms with Gasteiger partial charge < -0.3 is 18.8 Å². The second-order valence-electron chi connectivity index (χ2n) is 8.06. The van der Waals surface area contributed by atoms with E-state index < -0.39 is 5.67 Å². The lowest BCUT2D eigenvalue weighted by atomic mass is 9.92. The summed E-state index contributed by atoms with van der Waals surface area (Å²) < 4.78 is 35.4. The Morgan fingerprint density at radius 3 is 2.46 bits per heavy atom. The minimum absolute atomic E-state index is 0.139. The van der Waals surface area contributed by atoms with Crippen LogP contribution in [0.3, 0.4) is 0 Å². The third kappa shape index (κ3) is 4.03. The standard InChI is InChI=1S/C27H19FN4O3/c1-32-16-31-14-26(32)27(28,21-6-2-18(12-29)3-7-21)15-33-23-8-4-19(13-30)10-22(23)20-5-9-24-25(11-20)35-17-34-24/h2-11,14,16H,15,17H2,1H3. The van der Waals surface area contributed by atoms with Crippen molar-refractivity contribution in [3.8, 4) is 40.5 Å². The molecule has 0 radical (unpaired) electrons. The molecule has 4 aromatic rings. The number of benzene rings is 3. The van der Waals surface area contributed by atoms with E-state index in [2.05, 4.69) is 11.1 Å². The molecule has 0 amide bonds. The molecule has 5 rings (SSSR count). The highest BCUT2D eigenvalue weighted by atomic mass is 19.1. The molecule has 1 unspecified atom stereocenters. The van der Waals surface area contributed by atoms with Crippen molar-refractivity contribution in [3.05, 3.63) is 95.6 Å². The van der Waals surface area contributed by atoms with Crippen molar-refractivity contribution in [1.29, 1.82) is 10.5 Å². The van der Waals surface area contributed by atoms with Crippen molar-refractivity contribution >= 4 is 0 Å². The molecule has 8 heteroatoms. The van der Waals surface area contributed by atoms with Crippen LogP contribution in [-0.4, -0.2) is 23.0 Å². The van der Waals surface area contributed by atoms with E-state index in [9.17, 15) is 5.26 Å². The molecular weight excluding hydrogens is 447 g/mol. The topological polar surface area (TPSA) is 93.1 Å². The monoisotopic (exact) mass is 466 g/mol. The molecule has 0 bridgehead atoms. The van der Waals surface area contributed by atoms with Crippen molar-refractivity contribution in [1.82, 2.24) is 9.55 Å². The van der Waals surface area contributed by atoms with Gasteiger partial charge >= 0.3 is 0 Å². The smallest absolute Gasteiger partial charge is 0.231 e. The van der Waals surface area contributed by atoms with Gasteiger partial charge in [0.05, 0.1) is 41.5 Å². The first kappa shape index (κ1) is 22.0. The number of rotatable bonds is 6. The predicted molar refractivity (Wildman–Crippen MR) is 124 cm³/mol. The van der Waals surface area contributed by atoms with E-state index in [1.807, 2.05) is 12.1 Å². The first-order chi connectivity index (χ1) is 17.0. The number of nitrogens with zero attached hydrogens (tertiary/aromatic N) is 4. The second kappa shape index (κ2) is 8.85. The van der Waals surface area contributed by atoms with Gasteiger partial charge in [-0.15, -0.1) is 0 Å². The van der Waals surface area contributed by atoms with Gasteiger partial charge in [-0.2, -0.15) is 10.5 Å². The van der Waals surface area contributed by atoms with Crippen LogP contribution in [-0.2, 0) is 12.7 Å². The van der Waals surface area contributed by atoms with Gasteiger partial charge in [0.25, 0.3) is 0 Å². The lowest BCUT2D eigenvalue weighted by molar-refractivity contribution is 0.115. The van der Waals surface area contributed by atoms with E-state index in [0.717, 1.165) is 5.56 Å². The molecule has 172 valence electrons. The van der Waals surface area contributed by atoms with Crippen LogP contribution in [0.2, 0.25) is 0 Å². The van der Waals surface area contributed by atoms with Crippen molar-refractivity contribution in [3.63, 3.8) is 0 Å². The quantitative estimate of drug-likeness (QED) is 0.403. The highest BCUT2D eigenvalue weighted by Gasteiger charge is 2.38. The fourth-order valence-corrected chi connectivity index (χ4v) is 4.05. The largest absolute Gasteiger partial charge is 0.489 e. The molecule has 1 aromatic heterocycles. The molecule has 1 atom stereocenters. The number of imidazole rings is 1. The van der Waals surface area contributed by atoms with Gasteiger partial charge in [-0.05, 0) is 53.6 Å². The average Bonchev–Trinajstić information content (AvgIpc) is 3.55. The third-order valence-electron chi connectivity index (χ3n) is 5.91. The molecule has 3 aromatic carbocycles. The highest BCUT2D eigenvalue weighted by Crippen LogP contribution is 2.40. The number of aryl methyl sites for hydroxylation is 1. The Kier molecular flexibility index (Phi) is 5.56. The zero-order valence-corrected chi connectivity index (χ0v) is 18.7. The number of hydrogen-bond donors (Lipinski definition) is 0. The summed E-state index contributed by atoms with van der Waals surface area (Å²) in [5.74, 6) is 1.62. The minimum atomic E-state index is -2.06. The molecule has 7 nitrogen and oxygen atoms in total. The fraction of sp³-hybridized carbons (Fsp3) is 0.148. The molecule has 0 saturated carbocycles. The predicted octanol–water partition coefficient (Wildman–Crippen LogP) is 4.85. The van der Waals surface area contributed by atoms with E-state index in [1.165, 1.54) is 12.5 Å². The lowest BCUT2D eigenvalue weighted by Gasteiger charge is -2.27. The van der Waals surface area contributed by atoms with E-state index in [0.29, 0.717) is 45.2 Å². The van der Waals surface area contributed by atoms with Crippen LogP contribution in [0.1, 0.15) is 22.4 Å². The Morgan fingerprint density at radius 1 is 1.00 bits per heavy atom. The summed E-state index contributed by atoms with van der Waals surface area (Å²) in [6, 6.07) is 20.9. The van der Waals surface area contributed by atoms with E-state index >= 15 is 4.39 Å². The van der Waals surface area contributed by atoms with Gasteiger partial charge in [0, 0.05) is 12.6 Å². The Bertz CT molecular complexity index is 1480. The second-order valence-corrected chi connectivity index (χ2v) is 8.06. The van der Waals surface area contributed by atoms with Crippen LogP contribution in [0.5, 0.6) is 17.2 Å². The Hall–Kier alpha value is -4.82. The maximum absolute atomic E-state index is 16.8. The van der Waals surface area contributed by atoms with Gasteiger partial charge in [0.15, 0.2) is 11.5 Å². The van der Waals surface area contributed by atoms with Crippen LogP contribution in [0.4, 0.5) is 4.39 Å². The molecule has 0 N–H and O–H groups in total. The van der Waals surface area contributed by atoms with Crippen molar-refractivity contribution in [2.45, 2.75) is 5.67 Å². The Labute approximate surface area is 201 Å². The van der Waals surface area contributed by atoms with Crippen LogP contribution >= 0.6 is 0 Å². The number of halogens is 1. The number of fused-ring (bicyclic) bond motifs is 1. The van der Waals surface area contributed by atoms with Crippen molar-refractivity contribution in [2.24, 2.45) is 7.05 Å². The summed E-state index contributed by atoms with van der Waals surface area (Å²) in [7, 11) is 1.71. The maximum Gasteiger partial charge on any atom is 0.231 e. The van der Waals surface area contributed by atoms with Gasteiger partial charge in [0.2, 0.25) is 12.5 Å². The number of hydrogen-bond acceptors (Lipinski definition) is 6. The summed E-state index contributed by atoms with van der Waals surface area (Å²) in [5.41, 5.74) is 0.812. The lowest BCUT2D eigenvalue weighted by Crippen LogP contribution is -2.32. The summed E-state index contributed by atoms with van der Waals surface area (Å²) in [6.07, 6.45) is 2.98. The normalized spacial score (nSPS) is 13.5. The molecule has 1 aliphatic heterocycles. The maximum atomic E-state index is 16.8. The van der Waals surface area contributed by atoms with Gasteiger partial charge in [-0.1, -0.05) is 18.2 Å². The molecule has 0 saturated heterocycles. The number of ether oxygens (including phenoxy) is 3. The molecule has 1 aliphatic rings. The first-order valence-electron chi connectivity index (χ1n) is 10.7.